The lowest BCUT2D eigenvalue weighted by molar-refractivity contribution is -0.244. The molecule has 0 atom stereocenters. The second kappa shape index (κ2) is 8.29. The second-order valence-electron chi connectivity index (χ2n) is 7.26. The molecule has 1 aliphatic heterocycles. The van der Waals surface area contributed by atoms with E-state index in [2.05, 4.69) is 0 Å². The van der Waals surface area contributed by atoms with Gasteiger partial charge in [-0.2, -0.15) is 0 Å². The normalized spacial score (nSPS) is 18.2. The van der Waals surface area contributed by atoms with Gasteiger partial charge in [0, 0.05) is 23.4 Å². The van der Waals surface area contributed by atoms with Crippen molar-refractivity contribution in [3.8, 4) is 5.75 Å². The summed E-state index contributed by atoms with van der Waals surface area (Å²) in [6.07, 6.45) is 5.41. The van der Waals surface area contributed by atoms with Gasteiger partial charge in [-0.15, -0.1) is 0 Å². The Bertz CT molecular complexity index is 937. The summed E-state index contributed by atoms with van der Waals surface area (Å²) in [4.78, 5) is 25.0. The first kappa shape index (κ1) is 19.5. The van der Waals surface area contributed by atoms with E-state index in [4.69, 9.17) is 25.8 Å². The minimum absolute atomic E-state index is 0.107. The summed E-state index contributed by atoms with van der Waals surface area (Å²) in [5.41, 5.74) is 1.41. The maximum Gasteiger partial charge on any atom is 0.348 e. The molecule has 2 aromatic rings. The zero-order valence-electron chi connectivity index (χ0n) is 15.9. The van der Waals surface area contributed by atoms with Crippen LogP contribution in [0.2, 0.25) is 5.02 Å². The van der Waals surface area contributed by atoms with Crippen molar-refractivity contribution in [1.82, 2.24) is 0 Å². The number of hydrogen-bond donors (Lipinski definition) is 0. The van der Waals surface area contributed by atoms with Crippen molar-refractivity contribution < 1.29 is 23.8 Å². The van der Waals surface area contributed by atoms with Gasteiger partial charge in [0.15, 0.2) is 0 Å². The molecule has 0 radical (unpaired) electrons. The fourth-order valence-electron chi connectivity index (χ4n) is 3.60. The molecule has 1 heterocycles. The molecule has 0 amide bonds. The molecule has 5 nitrogen and oxygen atoms in total. The van der Waals surface area contributed by atoms with E-state index >= 15 is 0 Å². The van der Waals surface area contributed by atoms with E-state index in [-0.39, 0.29) is 5.57 Å². The quantitative estimate of drug-likeness (QED) is 0.399. The first-order valence-electron chi connectivity index (χ1n) is 9.69. The van der Waals surface area contributed by atoms with Crippen molar-refractivity contribution in [2.75, 3.05) is 0 Å². The number of esters is 2. The van der Waals surface area contributed by atoms with Gasteiger partial charge in [-0.1, -0.05) is 48.4 Å². The molecule has 29 heavy (non-hydrogen) atoms. The lowest BCUT2D eigenvalue weighted by Crippen LogP contribution is -2.47. The largest absolute Gasteiger partial charge is 0.489 e. The molecule has 6 heteroatoms. The molecule has 0 N–H and O–H groups in total. The average Bonchev–Trinajstić information content (AvgIpc) is 2.71. The van der Waals surface area contributed by atoms with Crippen LogP contribution in [0.1, 0.15) is 43.2 Å². The Labute approximate surface area is 174 Å². The zero-order chi connectivity index (χ0) is 20.3. The minimum atomic E-state index is -1.08. The molecule has 2 aliphatic rings. The van der Waals surface area contributed by atoms with Crippen LogP contribution in [-0.2, 0) is 25.7 Å². The Morgan fingerprint density at radius 2 is 1.69 bits per heavy atom. The van der Waals surface area contributed by atoms with E-state index in [1.54, 1.807) is 30.3 Å². The number of carbonyl (C=O) groups excluding carboxylic acids is 2. The molecule has 2 fully saturated rings. The summed E-state index contributed by atoms with van der Waals surface area (Å²) in [7, 11) is 0. The van der Waals surface area contributed by atoms with Gasteiger partial charge >= 0.3 is 11.9 Å². The molecule has 0 unspecified atom stereocenters. The van der Waals surface area contributed by atoms with Gasteiger partial charge in [0.25, 0.3) is 5.79 Å². The molecular weight excluding hydrogens is 392 g/mol. The Morgan fingerprint density at radius 3 is 2.41 bits per heavy atom. The van der Waals surface area contributed by atoms with Crippen LogP contribution in [0.25, 0.3) is 6.08 Å². The summed E-state index contributed by atoms with van der Waals surface area (Å²) >= 11 is 6.15. The highest BCUT2D eigenvalue weighted by Crippen LogP contribution is 2.37. The summed E-state index contributed by atoms with van der Waals surface area (Å²) in [6.45, 7) is 0.312. The highest BCUT2D eigenvalue weighted by atomic mass is 35.5. The Balaban J connectivity index is 1.48. The van der Waals surface area contributed by atoms with E-state index in [0.29, 0.717) is 35.8 Å². The monoisotopic (exact) mass is 412 g/mol. The summed E-state index contributed by atoms with van der Waals surface area (Å²) in [6, 6.07) is 14.6. The number of carbonyl (C=O) groups is 2. The van der Waals surface area contributed by atoms with Crippen molar-refractivity contribution in [3.05, 3.63) is 70.3 Å². The molecule has 1 aliphatic carbocycles. The third-order valence-corrected chi connectivity index (χ3v) is 5.50. The fourth-order valence-corrected chi connectivity index (χ4v) is 3.79. The number of benzene rings is 2. The number of halogens is 1. The van der Waals surface area contributed by atoms with E-state index in [1.165, 1.54) is 6.08 Å². The summed E-state index contributed by atoms with van der Waals surface area (Å²) in [5.74, 6) is -1.75. The van der Waals surface area contributed by atoms with Crippen LogP contribution in [0, 0.1) is 0 Å². The van der Waals surface area contributed by atoms with Crippen LogP contribution in [-0.4, -0.2) is 17.7 Å². The van der Waals surface area contributed by atoms with Crippen LogP contribution in [0.15, 0.2) is 54.1 Å². The fraction of sp³-hybridized carbons (Fsp3) is 0.304. The van der Waals surface area contributed by atoms with Gasteiger partial charge in [-0.3, -0.25) is 0 Å². The van der Waals surface area contributed by atoms with E-state index in [9.17, 15) is 9.59 Å². The van der Waals surface area contributed by atoms with Crippen molar-refractivity contribution in [3.63, 3.8) is 0 Å². The van der Waals surface area contributed by atoms with Crippen LogP contribution in [0.5, 0.6) is 5.75 Å². The van der Waals surface area contributed by atoms with Gasteiger partial charge in [0.1, 0.15) is 17.9 Å². The van der Waals surface area contributed by atoms with E-state index < -0.39 is 17.7 Å². The third-order valence-electron chi connectivity index (χ3n) is 5.13. The SMILES string of the molecule is O=C1OC2(CCCCC2)OC(=O)C1=Cc1cccc(OCc2ccccc2Cl)c1. The molecule has 2 aromatic carbocycles. The smallest absolute Gasteiger partial charge is 0.348 e. The van der Waals surface area contributed by atoms with Crippen molar-refractivity contribution in [1.29, 1.82) is 0 Å². The van der Waals surface area contributed by atoms with Gasteiger partial charge in [0.2, 0.25) is 0 Å². The zero-order valence-corrected chi connectivity index (χ0v) is 16.6. The predicted octanol–water partition coefficient (Wildman–Crippen LogP) is 5.06. The summed E-state index contributed by atoms with van der Waals surface area (Å²) in [5, 5.41) is 0.634. The Morgan fingerprint density at radius 1 is 0.966 bits per heavy atom. The molecule has 0 aromatic heterocycles. The maximum absolute atomic E-state index is 12.5. The molecule has 4 rings (SSSR count). The third kappa shape index (κ3) is 4.46. The Hall–Kier alpha value is -2.79. The topological polar surface area (TPSA) is 61.8 Å². The van der Waals surface area contributed by atoms with Gasteiger partial charge in [-0.25, -0.2) is 9.59 Å². The highest BCUT2D eigenvalue weighted by Gasteiger charge is 2.46. The van der Waals surface area contributed by atoms with Crippen molar-refractivity contribution in [2.45, 2.75) is 44.5 Å². The van der Waals surface area contributed by atoms with Crippen molar-refractivity contribution >= 4 is 29.6 Å². The van der Waals surface area contributed by atoms with E-state index in [1.807, 2.05) is 18.2 Å². The first-order valence-corrected chi connectivity index (χ1v) is 10.1. The number of hydrogen-bond acceptors (Lipinski definition) is 5. The van der Waals surface area contributed by atoms with Crippen LogP contribution in [0.3, 0.4) is 0 Å². The predicted molar refractivity (Wildman–Crippen MR) is 108 cm³/mol. The lowest BCUT2D eigenvalue weighted by Gasteiger charge is -2.38. The van der Waals surface area contributed by atoms with Gasteiger partial charge < -0.3 is 14.2 Å². The van der Waals surface area contributed by atoms with Gasteiger partial charge in [0.05, 0.1) is 0 Å². The van der Waals surface area contributed by atoms with E-state index in [0.717, 1.165) is 24.8 Å². The molecule has 0 bridgehead atoms. The van der Waals surface area contributed by atoms with Crippen LogP contribution >= 0.6 is 11.6 Å². The van der Waals surface area contributed by atoms with Gasteiger partial charge in [-0.05, 0) is 42.7 Å². The molecule has 1 saturated heterocycles. The number of ether oxygens (including phenoxy) is 3. The summed E-state index contributed by atoms with van der Waals surface area (Å²) < 4.78 is 16.8. The van der Waals surface area contributed by atoms with Crippen LogP contribution < -0.4 is 4.74 Å². The van der Waals surface area contributed by atoms with Crippen LogP contribution in [0.4, 0.5) is 0 Å². The maximum atomic E-state index is 12.5. The lowest BCUT2D eigenvalue weighted by atomic mass is 9.93. The van der Waals surface area contributed by atoms with Crippen molar-refractivity contribution in [2.24, 2.45) is 0 Å². The first-order chi connectivity index (χ1) is 14.0. The molecule has 1 saturated carbocycles. The molecule has 1 spiro atoms. The highest BCUT2D eigenvalue weighted by molar-refractivity contribution is 6.31. The molecule has 150 valence electrons. The number of rotatable bonds is 4. The molecular formula is C23H21ClO5. The minimum Gasteiger partial charge on any atom is -0.489 e. The average molecular weight is 413 g/mol. The standard InChI is InChI=1S/C23H21ClO5/c24-20-10-3-2-8-17(20)15-27-18-9-6-7-16(13-18)14-19-21(25)28-23(29-22(19)26)11-4-1-5-12-23/h2-3,6-10,13-14H,1,4-5,11-12,15H2. The second-order valence-corrected chi connectivity index (χ2v) is 7.67. The Kier molecular flexibility index (Phi) is 5.58.